The Hall–Kier alpha value is -0.690. The fourth-order valence-electron chi connectivity index (χ4n) is 2.07. The highest BCUT2D eigenvalue weighted by Gasteiger charge is 2.45. The van der Waals surface area contributed by atoms with Crippen LogP contribution in [0.1, 0.15) is 12.8 Å². The second-order valence-corrected chi connectivity index (χ2v) is 3.99. The lowest BCUT2D eigenvalue weighted by Crippen LogP contribution is -2.53. The van der Waals surface area contributed by atoms with Crippen LogP contribution in [0.3, 0.4) is 0 Å². The van der Waals surface area contributed by atoms with Crippen LogP contribution in [0.2, 0.25) is 0 Å². The Balaban J connectivity index is 2.75. The van der Waals surface area contributed by atoms with Crippen LogP contribution in [0.15, 0.2) is 0 Å². The number of rotatable bonds is 3. The highest BCUT2D eigenvalue weighted by molar-refractivity contribution is 5.71. The van der Waals surface area contributed by atoms with Crippen molar-refractivity contribution >= 4 is 5.97 Å². The zero-order valence-electron chi connectivity index (χ0n) is 8.28. The average Bonchev–Trinajstić information content (AvgIpc) is 2.18. The molecule has 0 saturated heterocycles. The van der Waals surface area contributed by atoms with Gasteiger partial charge in [-0.15, -0.1) is 0 Å². The summed E-state index contributed by atoms with van der Waals surface area (Å²) in [5.41, 5.74) is 5.32. The molecule has 88 valence electrons. The summed E-state index contributed by atoms with van der Waals surface area (Å²) in [5.74, 6) is -2.55. The van der Waals surface area contributed by atoms with Crippen molar-refractivity contribution in [2.75, 3.05) is 6.54 Å². The highest BCUT2D eigenvalue weighted by atomic mass is 16.4. The largest absolute Gasteiger partial charge is 0.481 e. The fourth-order valence-corrected chi connectivity index (χ4v) is 2.07. The second kappa shape index (κ2) is 4.89. The van der Waals surface area contributed by atoms with Crippen molar-refractivity contribution in [3.05, 3.63) is 0 Å². The molecule has 6 nitrogen and oxygen atoms in total. The molecule has 0 bridgehead atoms. The van der Waals surface area contributed by atoms with Crippen molar-refractivity contribution in [2.45, 2.75) is 31.2 Å². The Morgan fingerprint density at radius 2 is 1.80 bits per heavy atom. The maximum Gasteiger partial charge on any atom is 0.309 e. The second-order valence-electron chi connectivity index (χ2n) is 3.99. The van der Waals surface area contributed by atoms with Crippen LogP contribution in [0.4, 0.5) is 0 Å². The van der Waals surface area contributed by atoms with E-state index in [0.29, 0.717) is 13.0 Å². The van der Waals surface area contributed by atoms with Crippen molar-refractivity contribution in [2.24, 2.45) is 17.6 Å². The third-order valence-electron chi connectivity index (χ3n) is 3.01. The van der Waals surface area contributed by atoms with Gasteiger partial charge in [0.25, 0.3) is 0 Å². The summed E-state index contributed by atoms with van der Waals surface area (Å²) in [7, 11) is 0. The molecule has 1 rings (SSSR count). The number of aliphatic hydroxyl groups excluding tert-OH is 3. The topological polar surface area (TPSA) is 124 Å². The van der Waals surface area contributed by atoms with Gasteiger partial charge in [0.15, 0.2) is 0 Å². The highest BCUT2D eigenvalue weighted by Crippen LogP contribution is 2.32. The van der Waals surface area contributed by atoms with E-state index in [1.54, 1.807) is 0 Å². The number of carbonyl (C=O) groups is 1. The molecule has 5 atom stereocenters. The molecule has 0 heterocycles. The SMILES string of the molecule is NCC[C@@H]1C[C@@H](C(=O)O)[C@@H](O)[C@H](O)[C@H]1O. The molecule has 0 aromatic rings. The van der Waals surface area contributed by atoms with Crippen LogP contribution in [0, 0.1) is 11.8 Å². The number of hydrogen-bond donors (Lipinski definition) is 5. The lowest BCUT2D eigenvalue weighted by atomic mass is 9.74. The van der Waals surface area contributed by atoms with Gasteiger partial charge in [-0.1, -0.05) is 0 Å². The summed E-state index contributed by atoms with van der Waals surface area (Å²) >= 11 is 0. The lowest BCUT2D eigenvalue weighted by molar-refractivity contribution is -0.168. The molecule has 0 radical (unpaired) electrons. The maximum atomic E-state index is 10.8. The minimum Gasteiger partial charge on any atom is -0.481 e. The molecule has 0 unspecified atom stereocenters. The number of nitrogens with two attached hydrogens (primary N) is 1. The fraction of sp³-hybridized carbons (Fsp3) is 0.889. The summed E-state index contributed by atoms with van der Waals surface area (Å²) < 4.78 is 0. The standard InChI is InChI=1S/C9H17NO5/c10-2-1-4-3-5(9(14)15)7(12)8(13)6(4)11/h4-8,11-13H,1-3,10H2,(H,14,15)/t4-,5-,6+,7-,8-/m1/s1. The van der Waals surface area contributed by atoms with Gasteiger partial charge < -0.3 is 26.2 Å². The van der Waals surface area contributed by atoms with Gasteiger partial charge in [0.05, 0.1) is 18.1 Å². The molecule has 1 aliphatic carbocycles. The van der Waals surface area contributed by atoms with Crippen LogP contribution in [0.5, 0.6) is 0 Å². The van der Waals surface area contributed by atoms with Gasteiger partial charge in [0.1, 0.15) is 6.10 Å². The summed E-state index contributed by atoms with van der Waals surface area (Å²) in [6.07, 6.45) is -3.33. The zero-order chi connectivity index (χ0) is 11.6. The molecule has 6 N–H and O–H groups in total. The van der Waals surface area contributed by atoms with Crippen LogP contribution in [0.25, 0.3) is 0 Å². The number of carboxylic acids is 1. The van der Waals surface area contributed by atoms with Gasteiger partial charge in [-0.05, 0) is 25.3 Å². The predicted octanol–water partition coefficient (Wildman–Crippen LogP) is -1.86. The first-order valence-electron chi connectivity index (χ1n) is 4.96. The third-order valence-corrected chi connectivity index (χ3v) is 3.01. The van der Waals surface area contributed by atoms with E-state index in [1.807, 2.05) is 0 Å². The van der Waals surface area contributed by atoms with E-state index in [9.17, 15) is 20.1 Å². The predicted molar refractivity (Wildman–Crippen MR) is 50.9 cm³/mol. The Bertz CT molecular complexity index is 235. The quantitative estimate of drug-likeness (QED) is 0.379. The van der Waals surface area contributed by atoms with E-state index < -0.39 is 30.2 Å². The minimum absolute atomic E-state index is 0.145. The van der Waals surface area contributed by atoms with Gasteiger partial charge in [-0.2, -0.15) is 0 Å². The van der Waals surface area contributed by atoms with Crippen LogP contribution in [-0.2, 0) is 4.79 Å². The first-order valence-corrected chi connectivity index (χ1v) is 4.96. The minimum atomic E-state index is -1.41. The van der Waals surface area contributed by atoms with E-state index >= 15 is 0 Å². The monoisotopic (exact) mass is 219 g/mol. The molecule has 1 aliphatic rings. The molecule has 6 heteroatoms. The van der Waals surface area contributed by atoms with Crippen LogP contribution >= 0.6 is 0 Å². The van der Waals surface area contributed by atoms with E-state index in [2.05, 4.69) is 0 Å². The molecule has 0 aliphatic heterocycles. The molecular formula is C9H17NO5. The average molecular weight is 219 g/mol. The van der Waals surface area contributed by atoms with Crippen LogP contribution in [-0.4, -0.2) is 51.3 Å². The number of hydrogen-bond acceptors (Lipinski definition) is 5. The van der Waals surface area contributed by atoms with Crippen molar-refractivity contribution in [1.29, 1.82) is 0 Å². The molecule has 0 aromatic heterocycles. The normalized spacial score (nSPS) is 41.5. The number of aliphatic hydroxyl groups is 3. The number of aliphatic carboxylic acids is 1. The van der Waals surface area contributed by atoms with Crippen molar-refractivity contribution < 1.29 is 25.2 Å². The molecule has 0 amide bonds. The molecule has 1 saturated carbocycles. The van der Waals surface area contributed by atoms with Gasteiger partial charge >= 0.3 is 5.97 Å². The smallest absolute Gasteiger partial charge is 0.309 e. The summed E-state index contributed by atoms with van der Waals surface area (Å²) in [4.78, 5) is 10.8. The molecular weight excluding hydrogens is 202 g/mol. The van der Waals surface area contributed by atoms with E-state index in [4.69, 9.17) is 10.8 Å². The van der Waals surface area contributed by atoms with Gasteiger partial charge in [-0.25, -0.2) is 0 Å². The van der Waals surface area contributed by atoms with Crippen molar-refractivity contribution in [3.8, 4) is 0 Å². The molecule has 0 spiro atoms. The molecule has 0 aromatic carbocycles. The Morgan fingerprint density at radius 3 is 2.27 bits per heavy atom. The first kappa shape index (κ1) is 12.4. The van der Waals surface area contributed by atoms with E-state index in [0.717, 1.165) is 0 Å². The number of carboxylic acid groups (broad SMARTS) is 1. The molecule has 15 heavy (non-hydrogen) atoms. The van der Waals surface area contributed by atoms with Gasteiger partial charge in [0.2, 0.25) is 0 Å². The van der Waals surface area contributed by atoms with Crippen LogP contribution < -0.4 is 5.73 Å². The molecule has 1 fully saturated rings. The Morgan fingerprint density at radius 1 is 1.20 bits per heavy atom. The van der Waals surface area contributed by atoms with Crippen molar-refractivity contribution in [1.82, 2.24) is 0 Å². The van der Waals surface area contributed by atoms with E-state index in [1.165, 1.54) is 0 Å². The summed E-state index contributed by atoms with van der Waals surface area (Å²) in [6, 6.07) is 0. The van der Waals surface area contributed by atoms with E-state index in [-0.39, 0.29) is 12.3 Å². The first-order chi connectivity index (χ1) is 6.99. The summed E-state index contributed by atoms with van der Waals surface area (Å²) in [5, 5.41) is 37.3. The van der Waals surface area contributed by atoms with Crippen molar-refractivity contribution in [3.63, 3.8) is 0 Å². The maximum absolute atomic E-state index is 10.8. The third kappa shape index (κ3) is 2.46. The Kier molecular flexibility index (Phi) is 4.04. The summed E-state index contributed by atoms with van der Waals surface area (Å²) in [6.45, 7) is 0.316. The van der Waals surface area contributed by atoms with Gasteiger partial charge in [0, 0.05) is 0 Å². The zero-order valence-corrected chi connectivity index (χ0v) is 8.28. The lowest BCUT2D eigenvalue weighted by Gasteiger charge is -2.38. The van der Waals surface area contributed by atoms with Gasteiger partial charge in [-0.3, -0.25) is 4.79 Å². The Labute approximate surface area is 87.3 Å².